The van der Waals surface area contributed by atoms with Crippen molar-refractivity contribution < 1.29 is 18.7 Å². The van der Waals surface area contributed by atoms with Gasteiger partial charge >= 0.3 is 5.97 Å². The van der Waals surface area contributed by atoms with Crippen molar-refractivity contribution in [2.45, 2.75) is 39.7 Å². The van der Waals surface area contributed by atoms with E-state index in [1.807, 2.05) is 17.5 Å². The van der Waals surface area contributed by atoms with Crippen LogP contribution in [0, 0.1) is 6.92 Å². The van der Waals surface area contributed by atoms with E-state index < -0.39 is 11.6 Å². The van der Waals surface area contributed by atoms with Gasteiger partial charge in [-0.05, 0) is 39.1 Å². The Balaban J connectivity index is 1.90. The molecule has 1 N–H and O–H groups in total. The maximum Gasteiger partial charge on any atom is 0.325 e. The fourth-order valence-electron chi connectivity index (χ4n) is 1.86. The maximum atomic E-state index is 11.9. The van der Waals surface area contributed by atoms with Crippen molar-refractivity contribution in [1.82, 2.24) is 10.3 Å². The van der Waals surface area contributed by atoms with Crippen LogP contribution >= 0.6 is 11.3 Å². The molecule has 6 nitrogen and oxygen atoms in total. The third-order valence-electron chi connectivity index (χ3n) is 2.80. The summed E-state index contributed by atoms with van der Waals surface area (Å²) >= 11 is 1.52. The standard InChI is InChI=1S/C16H20N2O4S/c1-10-11(18-15(21-10)12-6-5-7-23-12)8-13(19)17-9-14(20)22-16(2,3)4/h5-7H,8-9H2,1-4H3,(H,17,19). The SMILES string of the molecule is Cc1oc(-c2cccs2)nc1CC(=O)NCC(=O)OC(C)(C)C. The first-order valence-electron chi connectivity index (χ1n) is 7.23. The zero-order valence-electron chi connectivity index (χ0n) is 13.6. The lowest BCUT2D eigenvalue weighted by Crippen LogP contribution is -2.35. The number of amides is 1. The van der Waals surface area contributed by atoms with Gasteiger partial charge in [-0.2, -0.15) is 0 Å². The Morgan fingerprint density at radius 2 is 2.13 bits per heavy atom. The third kappa shape index (κ3) is 5.21. The molecule has 2 rings (SSSR count). The van der Waals surface area contributed by atoms with E-state index in [2.05, 4.69) is 10.3 Å². The monoisotopic (exact) mass is 336 g/mol. The lowest BCUT2D eigenvalue weighted by atomic mass is 10.2. The van der Waals surface area contributed by atoms with Gasteiger partial charge in [0.05, 0.1) is 17.0 Å². The van der Waals surface area contributed by atoms with E-state index in [1.54, 1.807) is 27.7 Å². The Kier molecular flexibility index (Phi) is 5.20. The number of carbonyl (C=O) groups excluding carboxylic acids is 2. The molecule has 0 atom stereocenters. The number of aryl methyl sites for hydroxylation is 1. The lowest BCUT2D eigenvalue weighted by Gasteiger charge is -2.19. The van der Waals surface area contributed by atoms with Crippen LogP contribution in [0.3, 0.4) is 0 Å². The zero-order chi connectivity index (χ0) is 17.0. The van der Waals surface area contributed by atoms with Gasteiger partial charge in [0.25, 0.3) is 0 Å². The summed E-state index contributed by atoms with van der Waals surface area (Å²) in [7, 11) is 0. The Morgan fingerprint density at radius 3 is 2.74 bits per heavy atom. The molecule has 1 amide bonds. The van der Waals surface area contributed by atoms with Crippen LogP contribution in [0.4, 0.5) is 0 Å². The summed E-state index contributed by atoms with van der Waals surface area (Å²) in [4.78, 5) is 28.8. The quantitative estimate of drug-likeness (QED) is 0.849. The topological polar surface area (TPSA) is 81.4 Å². The first-order valence-corrected chi connectivity index (χ1v) is 8.11. The van der Waals surface area contributed by atoms with E-state index in [4.69, 9.17) is 9.15 Å². The Labute approximate surface area is 138 Å². The number of hydrogen-bond acceptors (Lipinski definition) is 6. The van der Waals surface area contributed by atoms with Gasteiger partial charge in [-0.1, -0.05) is 6.07 Å². The molecule has 2 aromatic heterocycles. The number of ether oxygens (including phenoxy) is 1. The number of nitrogens with one attached hydrogen (secondary N) is 1. The fourth-order valence-corrected chi connectivity index (χ4v) is 2.51. The van der Waals surface area contributed by atoms with Crippen molar-refractivity contribution in [2.24, 2.45) is 0 Å². The van der Waals surface area contributed by atoms with Crippen molar-refractivity contribution in [3.63, 3.8) is 0 Å². The van der Waals surface area contributed by atoms with Gasteiger partial charge in [-0.25, -0.2) is 4.98 Å². The Morgan fingerprint density at radius 1 is 1.39 bits per heavy atom. The highest BCUT2D eigenvalue weighted by atomic mass is 32.1. The summed E-state index contributed by atoms with van der Waals surface area (Å²) in [5.41, 5.74) is -0.00443. The summed E-state index contributed by atoms with van der Waals surface area (Å²) in [5, 5.41) is 4.46. The molecular weight excluding hydrogens is 316 g/mol. The lowest BCUT2D eigenvalue weighted by molar-refractivity contribution is -0.154. The number of oxazole rings is 1. The smallest absolute Gasteiger partial charge is 0.325 e. The summed E-state index contributed by atoms with van der Waals surface area (Å²) in [6.07, 6.45) is 0.0590. The van der Waals surface area contributed by atoms with E-state index in [-0.39, 0.29) is 18.9 Å². The van der Waals surface area contributed by atoms with Gasteiger partial charge in [0, 0.05) is 0 Å². The first-order chi connectivity index (χ1) is 10.7. The molecule has 7 heteroatoms. The minimum absolute atomic E-state index is 0.0590. The van der Waals surface area contributed by atoms with Crippen LogP contribution < -0.4 is 5.32 Å². The minimum Gasteiger partial charge on any atom is -0.459 e. The molecule has 23 heavy (non-hydrogen) atoms. The molecule has 124 valence electrons. The second-order valence-electron chi connectivity index (χ2n) is 6.04. The molecule has 0 saturated carbocycles. The molecule has 2 aromatic rings. The van der Waals surface area contributed by atoms with Crippen molar-refractivity contribution in [1.29, 1.82) is 0 Å². The number of esters is 1. The van der Waals surface area contributed by atoms with E-state index in [0.29, 0.717) is 17.3 Å². The highest BCUT2D eigenvalue weighted by molar-refractivity contribution is 7.13. The summed E-state index contributed by atoms with van der Waals surface area (Å²) < 4.78 is 10.7. The van der Waals surface area contributed by atoms with Gasteiger partial charge in [-0.3, -0.25) is 9.59 Å². The van der Waals surface area contributed by atoms with Crippen LogP contribution in [0.5, 0.6) is 0 Å². The summed E-state index contributed by atoms with van der Waals surface area (Å²) in [6.45, 7) is 6.93. The van der Waals surface area contributed by atoms with Gasteiger partial charge in [-0.15, -0.1) is 11.3 Å². The second-order valence-corrected chi connectivity index (χ2v) is 6.99. The van der Waals surface area contributed by atoms with Crippen LogP contribution in [-0.4, -0.2) is 29.0 Å². The Hall–Kier alpha value is -2.15. The number of nitrogens with zero attached hydrogens (tertiary/aromatic N) is 1. The maximum absolute atomic E-state index is 11.9. The van der Waals surface area contributed by atoms with E-state index in [1.165, 1.54) is 11.3 Å². The predicted molar refractivity (Wildman–Crippen MR) is 87.1 cm³/mol. The Bertz CT molecular complexity index is 683. The van der Waals surface area contributed by atoms with Gasteiger partial charge in [0.15, 0.2) is 0 Å². The van der Waals surface area contributed by atoms with E-state index in [9.17, 15) is 9.59 Å². The molecule has 0 radical (unpaired) electrons. The number of thiophene rings is 1. The van der Waals surface area contributed by atoms with Crippen molar-refractivity contribution in [2.75, 3.05) is 6.54 Å². The number of hydrogen-bond donors (Lipinski definition) is 1. The van der Waals surface area contributed by atoms with Gasteiger partial charge in [0.2, 0.25) is 11.8 Å². The largest absolute Gasteiger partial charge is 0.459 e. The summed E-state index contributed by atoms with van der Waals surface area (Å²) in [5.74, 6) is 0.334. The molecule has 0 unspecified atom stereocenters. The fraction of sp³-hybridized carbons (Fsp3) is 0.438. The minimum atomic E-state index is -0.569. The molecule has 0 aliphatic heterocycles. The van der Waals surface area contributed by atoms with Gasteiger partial charge < -0.3 is 14.5 Å². The average Bonchev–Trinajstić information content (AvgIpc) is 3.05. The van der Waals surface area contributed by atoms with E-state index >= 15 is 0 Å². The van der Waals surface area contributed by atoms with Crippen molar-refractivity contribution in [3.05, 3.63) is 29.0 Å². The van der Waals surface area contributed by atoms with Gasteiger partial charge in [0.1, 0.15) is 17.9 Å². The zero-order valence-corrected chi connectivity index (χ0v) is 14.5. The molecular formula is C16H20N2O4S. The molecule has 0 saturated heterocycles. The average molecular weight is 336 g/mol. The number of carbonyl (C=O) groups is 2. The number of rotatable bonds is 5. The molecule has 0 spiro atoms. The molecule has 2 heterocycles. The first kappa shape index (κ1) is 17.2. The highest BCUT2D eigenvalue weighted by Crippen LogP contribution is 2.25. The molecule has 0 bridgehead atoms. The highest BCUT2D eigenvalue weighted by Gasteiger charge is 2.18. The predicted octanol–water partition coefficient (Wildman–Crippen LogP) is 2.71. The molecule has 0 fully saturated rings. The third-order valence-corrected chi connectivity index (χ3v) is 3.66. The molecule has 0 aliphatic carbocycles. The van der Waals surface area contributed by atoms with Crippen LogP contribution in [-0.2, 0) is 20.7 Å². The van der Waals surface area contributed by atoms with E-state index in [0.717, 1.165) is 4.88 Å². The van der Waals surface area contributed by atoms with Crippen LogP contribution in [0.15, 0.2) is 21.9 Å². The molecule has 0 aliphatic rings. The van der Waals surface area contributed by atoms with Crippen molar-refractivity contribution >= 4 is 23.2 Å². The molecule has 0 aromatic carbocycles. The summed E-state index contributed by atoms with van der Waals surface area (Å²) in [6, 6.07) is 3.81. The normalized spacial score (nSPS) is 11.3. The van der Waals surface area contributed by atoms with Crippen LogP contribution in [0.25, 0.3) is 10.8 Å². The van der Waals surface area contributed by atoms with Crippen LogP contribution in [0.2, 0.25) is 0 Å². The number of aromatic nitrogens is 1. The second kappa shape index (κ2) is 6.95. The van der Waals surface area contributed by atoms with Crippen molar-refractivity contribution in [3.8, 4) is 10.8 Å². The van der Waals surface area contributed by atoms with Crippen LogP contribution in [0.1, 0.15) is 32.2 Å².